The summed E-state index contributed by atoms with van der Waals surface area (Å²) in [6.07, 6.45) is 0. The molecule has 2 rings (SSSR count). The summed E-state index contributed by atoms with van der Waals surface area (Å²) in [6.45, 7) is 6.78. The van der Waals surface area contributed by atoms with Crippen LogP contribution in [-0.2, 0) is 0 Å². The Morgan fingerprint density at radius 2 is 1.45 bits per heavy atom. The first-order valence-electron chi connectivity index (χ1n) is 7.43. The summed E-state index contributed by atoms with van der Waals surface area (Å²) in [7, 11) is 2.07. The van der Waals surface area contributed by atoms with Gasteiger partial charge in [-0.3, -0.25) is 0 Å². The molecule has 1 N–H and O–H groups in total. The molecule has 2 aromatic carbocycles. The molecule has 1 nitrogen and oxygen atoms in total. The largest absolute Gasteiger partial charge is 0.316 e. The monoisotopic (exact) mass is 267 g/mol. The molecule has 0 saturated carbocycles. The maximum atomic E-state index is 3.53. The van der Waals surface area contributed by atoms with Gasteiger partial charge in [0.2, 0.25) is 0 Å². The van der Waals surface area contributed by atoms with E-state index in [1.807, 2.05) is 0 Å². The van der Waals surface area contributed by atoms with Crippen molar-refractivity contribution in [2.45, 2.75) is 32.7 Å². The maximum absolute atomic E-state index is 3.53. The highest BCUT2D eigenvalue weighted by Gasteiger charge is 2.27. The van der Waals surface area contributed by atoms with Gasteiger partial charge in [-0.2, -0.15) is 0 Å². The molecule has 2 aromatic rings. The van der Waals surface area contributed by atoms with Crippen LogP contribution in [-0.4, -0.2) is 13.1 Å². The Bertz CT molecular complexity index is 530. The fraction of sp³-hybridized carbons (Fsp3) is 0.368. The van der Waals surface area contributed by atoms with Gasteiger partial charge in [-0.1, -0.05) is 68.4 Å². The molecular weight excluding hydrogens is 242 g/mol. The fourth-order valence-corrected chi connectivity index (χ4v) is 3.06. The van der Waals surface area contributed by atoms with E-state index < -0.39 is 0 Å². The van der Waals surface area contributed by atoms with Crippen molar-refractivity contribution >= 4 is 0 Å². The van der Waals surface area contributed by atoms with Crippen molar-refractivity contribution in [1.29, 1.82) is 0 Å². The molecule has 20 heavy (non-hydrogen) atoms. The van der Waals surface area contributed by atoms with E-state index in [0.717, 1.165) is 0 Å². The zero-order valence-electron chi connectivity index (χ0n) is 12.9. The molecule has 0 amide bonds. The number of hydrogen-bond acceptors (Lipinski definition) is 1. The molecule has 1 heteroatoms. The number of benzene rings is 2. The summed E-state index contributed by atoms with van der Waals surface area (Å²) in [6, 6.07) is 20.0. The average Bonchev–Trinajstić information content (AvgIpc) is 2.46. The Kier molecular flexibility index (Phi) is 4.97. The zero-order chi connectivity index (χ0) is 14.5. The van der Waals surface area contributed by atoms with Gasteiger partial charge in [0.05, 0.1) is 0 Å². The minimum atomic E-state index is 0.391. The van der Waals surface area contributed by atoms with Crippen LogP contribution in [0, 0.1) is 12.8 Å². The van der Waals surface area contributed by atoms with E-state index in [1.54, 1.807) is 0 Å². The SMILES string of the molecule is CNC(C(C)C)C(c1ccccc1)c1ccccc1C. The van der Waals surface area contributed by atoms with Gasteiger partial charge in [-0.15, -0.1) is 0 Å². The Morgan fingerprint density at radius 1 is 0.850 bits per heavy atom. The van der Waals surface area contributed by atoms with Crippen LogP contribution in [0.25, 0.3) is 0 Å². The molecule has 0 aromatic heterocycles. The van der Waals surface area contributed by atoms with Crippen molar-refractivity contribution in [1.82, 2.24) is 5.32 Å². The second kappa shape index (κ2) is 6.71. The molecule has 0 aliphatic rings. The summed E-state index contributed by atoms with van der Waals surface area (Å²) < 4.78 is 0. The van der Waals surface area contributed by atoms with E-state index in [2.05, 4.69) is 87.7 Å². The van der Waals surface area contributed by atoms with E-state index in [-0.39, 0.29) is 0 Å². The molecule has 106 valence electrons. The molecule has 0 aliphatic heterocycles. The average molecular weight is 267 g/mol. The minimum absolute atomic E-state index is 0.391. The van der Waals surface area contributed by atoms with Crippen LogP contribution < -0.4 is 5.32 Å². The van der Waals surface area contributed by atoms with Crippen LogP contribution in [0.2, 0.25) is 0 Å². The van der Waals surface area contributed by atoms with E-state index in [0.29, 0.717) is 17.9 Å². The summed E-state index contributed by atoms with van der Waals surface area (Å²) in [5, 5.41) is 3.53. The number of rotatable bonds is 5. The number of aryl methyl sites for hydroxylation is 1. The fourth-order valence-electron chi connectivity index (χ4n) is 3.06. The van der Waals surface area contributed by atoms with Crippen LogP contribution in [0.1, 0.15) is 36.5 Å². The number of likely N-dealkylation sites (N-methyl/N-ethyl adjacent to an activating group) is 1. The van der Waals surface area contributed by atoms with Crippen molar-refractivity contribution < 1.29 is 0 Å². The highest BCUT2D eigenvalue weighted by Crippen LogP contribution is 2.33. The third kappa shape index (κ3) is 3.10. The molecule has 0 fully saturated rings. The van der Waals surface area contributed by atoms with Crippen LogP contribution in [0.15, 0.2) is 54.6 Å². The quantitative estimate of drug-likeness (QED) is 0.848. The Morgan fingerprint density at radius 3 is 2.00 bits per heavy atom. The van der Waals surface area contributed by atoms with Gasteiger partial charge >= 0.3 is 0 Å². The van der Waals surface area contributed by atoms with Crippen molar-refractivity contribution in [3.8, 4) is 0 Å². The van der Waals surface area contributed by atoms with E-state index in [9.17, 15) is 0 Å². The predicted octanol–water partition coefficient (Wildman–Crippen LogP) is 4.37. The summed E-state index contributed by atoms with van der Waals surface area (Å²) in [5.74, 6) is 0.965. The topological polar surface area (TPSA) is 12.0 Å². The highest BCUT2D eigenvalue weighted by atomic mass is 14.9. The van der Waals surface area contributed by atoms with E-state index in [4.69, 9.17) is 0 Å². The smallest absolute Gasteiger partial charge is 0.0248 e. The molecule has 0 saturated heterocycles. The molecule has 0 spiro atoms. The first-order chi connectivity index (χ1) is 9.65. The standard InChI is InChI=1S/C19H25N/c1-14(2)19(20-4)18(16-11-6-5-7-12-16)17-13-9-8-10-15(17)3/h5-14,18-20H,1-4H3. The third-order valence-corrected chi connectivity index (χ3v) is 4.09. The maximum Gasteiger partial charge on any atom is 0.0248 e. The lowest BCUT2D eigenvalue weighted by Crippen LogP contribution is -2.37. The van der Waals surface area contributed by atoms with Crippen LogP contribution in [0.4, 0.5) is 0 Å². The summed E-state index contributed by atoms with van der Waals surface area (Å²) in [4.78, 5) is 0. The first kappa shape index (κ1) is 14.8. The van der Waals surface area contributed by atoms with Gasteiger partial charge in [-0.25, -0.2) is 0 Å². The lowest BCUT2D eigenvalue weighted by Gasteiger charge is -2.32. The van der Waals surface area contributed by atoms with Gasteiger partial charge in [0.1, 0.15) is 0 Å². The second-order valence-electron chi connectivity index (χ2n) is 5.80. The predicted molar refractivity (Wildman–Crippen MR) is 87.1 cm³/mol. The van der Waals surface area contributed by atoms with Gasteiger partial charge in [-0.05, 0) is 36.6 Å². The third-order valence-electron chi connectivity index (χ3n) is 4.09. The Balaban J connectivity index is 2.53. The number of hydrogen-bond donors (Lipinski definition) is 1. The molecule has 2 atom stereocenters. The molecule has 0 radical (unpaired) electrons. The van der Waals surface area contributed by atoms with Gasteiger partial charge in [0, 0.05) is 12.0 Å². The summed E-state index contributed by atoms with van der Waals surface area (Å²) in [5.41, 5.74) is 4.17. The molecular formula is C19H25N. The normalized spacial score (nSPS) is 14.2. The lowest BCUT2D eigenvalue weighted by molar-refractivity contribution is 0.389. The van der Waals surface area contributed by atoms with Crippen molar-refractivity contribution in [2.75, 3.05) is 7.05 Å². The van der Waals surface area contributed by atoms with Crippen LogP contribution >= 0.6 is 0 Å². The van der Waals surface area contributed by atoms with Gasteiger partial charge < -0.3 is 5.32 Å². The summed E-state index contributed by atoms with van der Waals surface area (Å²) >= 11 is 0. The minimum Gasteiger partial charge on any atom is -0.316 e. The molecule has 2 unspecified atom stereocenters. The molecule has 0 aliphatic carbocycles. The number of nitrogens with one attached hydrogen (secondary N) is 1. The molecule has 0 bridgehead atoms. The van der Waals surface area contributed by atoms with Gasteiger partial charge in [0.15, 0.2) is 0 Å². The van der Waals surface area contributed by atoms with Crippen molar-refractivity contribution in [3.05, 3.63) is 71.3 Å². The van der Waals surface area contributed by atoms with Crippen molar-refractivity contribution in [3.63, 3.8) is 0 Å². The van der Waals surface area contributed by atoms with Crippen LogP contribution in [0.5, 0.6) is 0 Å². The van der Waals surface area contributed by atoms with Crippen molar-refractivity contribution in [2.24, 2.45) is 5.92 Å². The molecule has 0 heterocycles. The lowest BCUT2D eigenvalue weighted by atomic mass is 9.79. The highest BCUT2D eigenvalue weighted by molar-refractivity contribution is 5.39. The first-order valence-corrected chi connectivity index (χ1v) is 7.43. The van der Waals surface area contributed by atoms with E-state index >= 15 is 0 Å². The van der Waals surface area contributed by atoms with Gasteiger partial charge in [0.25, 0.3) is 0 Å². The zero-order valence-corrected chi connectivity index (χ0v) is 12.9. The van der Waals surface area contributed by atoms with Crippen LogP contribution in [0.3, 0.4) is 0 Å². The Labute approximate surface area is 123 Å². The van der Waals surface area contributed by atoms with E-state index in [1.165, 1.54) is 16.7 Å². The Hall–Kier alpha value is -1.60. The second-order valence-corrected chi connectivity index (χ2v) is 5.80.